The van der Waals surface area contributed by atoms with Crippen LogP contribution in [0.2, 0.25) is 0 Å². The number of likely N-dealkylation sites (N-methyl/N-ethyl adjacent to an activating group) is 1. The zero-order valence-electron chi connectivity index (χ0n) is 14.2. The molecule has 1 aromatic heterocycles. The number of amides is 1. The largest absolute Gasteiger partial charge is 0.492 e. The zero-order chi connectivity index (χ0) is 17.1. The topological polar surface area (TPSA) is 58.2 Å². The van der Waals surface area contributed by atoms with Crippen molar-refractivity contribution in [3.05, 3.63) is 59.3 Å². The molecular weight excluding hydrogens is 302 g/mol. The van der Waals surface area contributed by atoms with Crippen LogP contribution in [0.15, 0.2) is 42.5 Å². The van der Waals surface area contributed by atoms with E-state index in [1.54, 1.807) is 11.9 Å². The molecule has 0 aliphatic rings. The van der Waals surface area contributed by atoms with E-state index in [4.69, 9.17) is 4.74 Å². The van der Waals surface area contributed by atoms with Crippen molar-refractivity contribution in [2.75, 3.05) is 20.2 Å². The van der Waals surface area contributed by atoms with Crippen LogP contribution in [0, 0.1) is 13.8 Å². The van der Waals surface area contributed by atoms with Gasteiger partial charge < -0.3 is 9.64 Å². The molecule has 1 N–H and O–H groups in total. The SMILES string of the molecule is Cc1ccc(OCCN(C)C(=O)c2n[nH]c3ccc(C)cc23)cc1. The summed E-state index contributed by atoms with van der Waals surface area (Å²) in [6, 6.07) is 13.8. The van der Waals surface area contributed by atoms with Crippen LogP contribution in [0.25, 0.3) is 10.9 Å². The number of carbonyl (C=O) groups excluding carboxylic acids is 1. The molecule has 0 radical (unpaired) electrons. The number of aryl methyl sites for hydroxylation is 2. The van der Waals surface area contributed by atoms with Crippen molar-refractivity contribution in [2.24, 2.45) is 0 Å². The first kappa shape index (κ1) is 16.1. The summed E-state index contributed by atoms with van der Waals surface area (Å²) in [4.78, 5) is 14.2. The maximum absolute atomic E-state index is 12.6. The van der Waals surface area contributed by atoms with Gasteiger partial charge in [0.25, 0.3) is 5.91 Å². The van der Waals surface area contributed by atoms with Crippen LogP contribution >= 0.6 is 0 Å². The highest BCUT2D eigenvalue weighted by molar-refractivity contribution is 6.04. The van der Waals surface area contributed by atoms with Gasteiger partial charge in [0.05, 0.1) is 12.1 Å². The number of hydrogen-bond donors (Lipinski definition) is 1. The summed E-state index contributed by atoms with van der Waals surface area (Å²) in [5.74, 6) is 0.696. The summed E-state index contributed by atoms with van der Waals surface area (Å²) in [6.45, 7) is 4.96. The maximum Gasteiger partial charge on any atom is 0.274 e. The second-order valence-electron chi connectivity index (χ2n) is 6.01. The number of rotatable bonds is 5. The fraction of sp³-hybridized carbons (Fsp3) is 0.263. The van der Waals surface area contributed by atoms with E-state index < -0.39 is 0 Å². The number of carbonyl (C=O) groups is 1. The Hall–Kier alpha value is -2.82. The van der Waals surface area contributed by atoms with Crippen molar-refractivity contribution >= 4 is 16.8 Å². The number of fused-ring (bicyclic) bond motifs is 1. The summed E-state index contributed by atoms with van der Waals surface area (Å²) in [6.07, 6.45) is 0. The lowest BCUT2D eigenvalue weighted by atomic mass is 10.1. The van der Waals surface area contributed by atoms with Gasteiger partial charge in [0.15, 0.2) is 5.69 Å². The molecule has 0 saturated heterocycles. The minimum Gasteiger partial charge on any atom is -0.492 e. The minimum absolute atomic E-state index is 0.112. The van der Waals surface area contributed by atoms with Crippen LogP contribution in [0.5, 0.6) is 5.75 Å². The third-order valence-electron chi connectivity index (χ3n) is 3.98. The van der Waals surface area contributed by atoms with Gasteiger partial charge in [-0.05, 0) is 38.1 Å². The summed E-state index contributed by atoms with van der Waals surface area (Å²) in [5, 5.41) is 7.94. The van der Waals surface area contributed by atoms with Crippen LogP contribution in [0.1, 0.15) is 21.6 Å². The molecule has 0 fully saturated rings. The van der Waals surface area contributed by atoms with E-state index in [1.807, 2.05) is 56.3 Å². The third kappa shape index (κ3) is 3.40. The molecule has 3 rings (SSSR count). The number of aromatic nitrogens is 2. The molecule has 0 unspecified atom stereocenters. The molecule has 0 aliphatic heterocycles. The lowest BCUT2D eigenvalue weighted by Gasteiger charge is -2.16. The molecule has 124 valence electrons. The Balaban J connectivity index is 1.63. The summed E-state index contributed by atoms with van der Waals surface area (Å²) in [5.41, 5.74) is 3.61. The van der Waals surface area contributed by atoms with E-state index >= 15 is 0 Å². The van der Waals surface area contributed by atoms with Crippen molar-refractivity contribution in [3.8, 4) is 5.75 Å². The number of nitrogens with one attached hydrogen (secondary N) is 1. The number of ether oxygens (including phenoxy) is 1. The first-order valence-corrected chi connectivity index (χ1v) is 7.94. The van der Waals surface area contributed by atoms with Crippen molar-refractivity contribution < 1.29 is 9.53 Å². The second kappa shape index (κ2) is 6.74. The first-order chi connectivity index (χ1) is 11.5. The average Bonchev–Trinajstić information content (AvgIpc) is 2.98. The van der Waals surface area contributed by atoms with E-state index in [0.29, 0.717) is 18.8 Å². The molecule has 1 heterocycles. The molecule has 5 nitrogen and oxygen atoms in total. The standard InChI is InChI=1S/C19H21N3O2/c1-13-4-7-15(8-5-13)24-11-10-22(3)19(23)18-16-12-14(2)6-9-17(16)20-21-18/h4-9,12H,10-11H2,1-3H3,(H,20,21). The van der Waals surface area contributed by atoms with Gasteiger partial charge in [0, 0.05) is 12.4 Å². The van der Waals surface area contributed by atoms with E-state index in [1.165, 1.54) is 5.56 Å². The predicted octanol–water partition coefficient (Wildman–Crippen LogP) is 3.33. The van der Waals surface area contributed by atoms with Crippen molar-refractivity contribution in [1.82, 2.24) is 15.1 Å². The van der Waals surface area contributed by atoms with Gasteiger partial charge in [-0.25, -0.2) is 0 Å². The fourth-order valence-electron chi connectivity index (χ4n) is 2.51. The third-order valence-corrected chi connectivity index (χ3v) is 3.98. The second-order valence-corrected chi connectivity index (χ2v) is 6.01. The molecule has 0 atom stereocenters. The first-order valence-electron chi connectivity index (χ1n) is 7.94. The lowest BCUT2D eigenvalue weighted by molar-refractivity contribution is 0.0770. The highest BCUT2D eigenvalue weighted by atomic mass is 16.5. The summed E-state index contributed by atoms with van der Waals surface area (Å²) >= 11 is 0. The Kier molecular flexibility index (Phi) is 4.51. The molecule has 24 heavy (non-hydrogen) atoms. The quantitative estimate of drug-likeness (QED) is 0.783. The summed E-state index contributed by atoms with van der Waals surface area (Å²) < 4.78 is 5.68. The minimum atomic E-state index is -0.112. The Bertz CT molecular complexity index is 853. The molecule has 5 heteroatoms. The van der Waals surface area contributed by atoms with E-state index in [0.717, 1.165) is 22.2 Å². The van der Waals surface area contributed by atoms with Crippen LogP contribution in [-0.2, 0) is 0 Å². The van der Waals surface area contributed by atoms with Gasteiger partial charge in [0.1, 0.15) is 12.4 Å². The fourth-order valence-corrected chi connectivity index (χ4v) is 2.51. The normalized spacial score (nSPS) is 10.8. The molecule has 0 spiro atoms. The van der Waals surface area contributed by atoms with Gasteiger partial charge in [-0.15, -0.1) is 0 Å². The number of H-pyrrole nitrogens is 1. The predicted molar refractivity (Wildman–Crippen MR) is 94.5 cm³/mol. The number of benzene rings is 2. The van der Waals surface area contributed by atoms with Crippen LogP contribution in [-0.4, -0.2) is 41.2 Å². The number of hydrogen-bond acceptors (Lipinski definition) is 3. The highest BCUT2D eigenvalue weighted by Crippen LogP contribution is 2.18. The smallest absolute Gasteiger partial charge is 0.274 e. The Labute approximate surface area is 141 Å². The maximum atomic E-state index is 12.6. The Morgan fingerprint density at radius 2 is 1.83 bits per heavy atom. The molecule has 0 saturated carbocycles. The van der Waals surface area contributed by atoms with Crippen molar-refractivity contribution in [2.45, 2.75) is 13.8 Å². The Morgan fingerprint density at radius 1 is 1.12 bits per heavy atom. The van der Waals surface area contributed by atoms with Crippen molar-refractivity contribution in [3.63, 3.8) is 0 Å². The highest BCUT2D eigenvalue weighted by Gasteiger charge is 2.18. The zero-order valence-corrected chi connectivity index (χ0v) is 14.2. The molecule has 3 aromatic rings. The van der Waals surface area contributed by atoms with Gasteiger partial charge in [-0.1, -0.05) is 29.3 Å². The number of aromatic amines is 1. The van der Waals surface area contributed by atoms with Gasteiger partial charge >= 0.3 is 0 Å². The van der Waals surface area contributed by atoms with Gasteiger partial charge in [-0.2, -0.15) is 5.10 Å². The number of nitrogens with zero attached hydrogens (tertiary/aromatic N) is 2. The molecule has 2 aromatic carbocycles. The summed E-state index contributed by atoms with van der Waals surface area (Å²) in [7, 11) is 1.76. The van der Waals surface area contributed by atoms with Crippen LogP contribution in [0.3, 0.4) is 0 Å². The monoisotopic (exact) mass is 323 g/mol. The molecule has 0 aliphatic carbocycles. The molecule has 1 amide bonds. The van der Waals surface area contributed by atoms with E-state index in [-0.39, 0.29) is 5.91 Å². The van der Waals surface area contributed by atoms with E-state index in [2.05, 4.69) is 10.2 Å². The van der Waals surface area contributed by atoms with E-state index in [9.17, 15) is 4.79 Å². The average molecular weight is 323 g/mol. The Morgan fingerprint density at radius 3 is 2.58 bits per heavy atom. The van der Waals surface area contributed by atoms with Crippen LogP contribution in [0.4, 0.5) is 0 Å². The van der Waals surface area contributed by atoms with Crippen LogP contribution < -0.4 is 4.74 Å². The van der Waals surface area contributed by atoms with Gasteiger partial charge in [-0.3, -0.25) is 9.89 Å². The molecular formula is C19H21N3O2. The lowest BCUT2D eigenvalue weighted by Crippen LogP contribution is -2.31. The van der Waals surface area contributed by atoms with Gasteiger partial charge in [0.2, 0.25) is 0 Å². The van der Waals surface area contributed by atoms with Crippen molar-refractivity contribution in [1.29, 1.82) is 0 Å². The molecule has 0 bridgehead atoms.